The molecule has 0 saturated carbocycles. The molecule has 0 aromatic heterocycles. The fraction of sp³-hybridized carbons (Fsp3) is 0. The third-order valence-electron chi connectivity index (χ3n) is 12.8. The van der Waals surface area contributed by atoms with Gasteiger partial charge in [-0.05, 0) is 0 Å². The van der Waals surface area contributed by atoms with Gasteiger partial charge >= 0.3 is 32.4 Å². The molecule has 8 aromatic carbocycles. The van der Waals surface area contributed by atoms with Gasteiger partial charge in [-0.15, -0.1) is 21.9 Å². The van der Waals surface area contributed by atoms with Crippen LogP contribution in [0, 0.1) is 209 Å². The summed E-state index contributed by atoms with van der Waals surface area (Å²) in [6.07, 6.45) is -8.87. The first-order chi connectivity index (χ1) is 40.3. The number of rotatable bonds is 8. The minimum absolute atomic E-state index is 1.67. The van der Waals surface area contributed by atoms with Crippen LogP contribution < -0.4 is 21.9 Å². The van der Waals surface area contributed by atoms with Gasteiger partial charge in [-0.25, -0.2) is 158 Å². The summed E-state index contributed by atoms with van der Waals surface area (Å²) in [6, 6.07) is 0. The molecule has 0 aliphatic carbocycles. The number of hydrogen-bond acceptors (Lipinski definition) is 0. The van der Waals surface area contributed by atoms with E-state index in [2.05, 4.69) is 12.9 Å². The van der Waals surface area contributed by atoms with E-state index in [0.29, 0.717) is 0 Å². The molecule has 0 fully saturated rings. The molecule has 0 heterocycles. The van der Waals surface area contributed by atoms with Crippen molar-refractivity contribution in [2.45, 2.75) is 0 Å². The Morgan fingerprint density at radius 3 is 0.322 bits per heavy atom. The Labute approximate surface area is 471 Å². The molecular formula is C48BBrF36Mg. The van der Waals surface area contributed by atoms with Gasteiger partial charge in [0.05, 0.1) is 44.5 Å². The van der Waals surface area contributed by atoms with E-state index in [9.17, 15) is 52.7 Å². The average molecular weight is 1380 g/mol. The van der Waals surface area contributed by atoms with Crippen LogP contribution in [0.5, 0.6) is 0 Å². The van der Waals surface area contributed by atoms with E-state index in [1.807, 2.05) is 0 Å². The molecule has 0 unspecified atom stereocenters. The van der Waals surface area contributed by atoms with Crippen molar-refractivity contribution in [3.63, 3.8) is 0 Å². The average Bonchev–Trinajstić information content (AvgIpc) is 0.676. The molecule has 0 N–H and O–H groups in total. The summed E-state index contributed by atoms with van der Waals surface area (Å²) in [4.78, 5) is 0. The van der Waals surface area contributed by atoms with Gasteiger partial charge in [0, 0.05) is 0 Å². The van der Waals surface area contributed by atoms with Crippen LogP contribution in [0.3, 0.4) is 0 Å². The van der Waals surface area contributed by atoms with Gasteiger partial charge in [0.1, 0.15) is 52.7 Å². The molecule has 39 heteroatoms. The van der Waals surface area contributed by atoms with Crippen LogP contribution >= 0.6 is 12.9 Å². The first kappa shape index (κ1) is 67.1. The van der Waals surface area contributed by atoms with Gasteiger partial charge in [-0.2, -0.15) is 0 Å². The van der Waals surface area contributed by atoms with Gasteiger partial charge in [-0.1, -0.05) is 0 Å². The maximum atomic E-state index is 18.0. The van der Waals surface area contributed by atoms with Crippen molar-refractivity contribution in [2.24, 2.45) is 0 Å². The second kappa shape index (κ2) is 23.2. The fourth-order valence-corrected chi connectivity index (χ4v) is 9.17. The zero-order valence-electron chi connectivity index (χ0n) is 39.3. The summed E-state index contributed by atoms with van der Waals surface area (Å²) in [6.45, 7) is 0. The fourth-order valence-electron chi connectivity index (χ4n) is 9.17. The molecule has 0 amide bonds. The Balaban J connectivity index is 0.00000535. The van der Waals surface area contributed by atoms with Crippen molar-refractivity contribution >= 4 is 60.4 Å². The van der Waals surface area contributed by atoms with Crippen LogP contribution in [0.1, 0.15) is 0 Å². The van der Waals surface area contributed by atoms with Crippen LogP contribution in [0.2, 0.25) is 0 Å². The Kier molecular flexibility index (Phi) is 17.9. The van der Waals surface area contributed by atoms with Crippen LogP contribution in [0.15, 0.2) is 0 Å². The number of halogens is 37. The van der Waals surface area contributed by atoms with E-state index in [1.54, 1.807) is 19.5 Å². The Morgan fingerprint density at radius 1 is 0.126 bits per heavy atom. The van der Waals surface area contributed by atoms with Crippen molar-refractivity contribution in [2.75, 3.05) is 0 Å². The molecule has 8 rings (SSSR count). The molecular weight excluding hydrogens is 1380 g/mol. The quantitative estimate of drug-likeness (QED) is 0.0616. The van der Waals surface area contributed by atoms with Gasteiger partial charge < -0.3 is 0 Å². The molecule has 0 nitrogen and oxygen atoms in total. The Morgan fingerprint density at radius 2 is 0.207 bits per heavy atom. The van der Waals surface area contributed by atoms with Crippen LogP contribution in [0.25, 0.3) is 44.5 Å². The summed E-state index contributed by atoms with van der Waals surface area (Å²) in [7, 11) is 0. The molecule has 87 heavy (non-hydrogen) atoms. The topological polar surface area (TPSA) is 0 Å². The van der Waals surface area contributed by atoms with Crippen LogP contribution in [-0.4, -0.2) is 25.7 Å². The van der Waals surface area contributed by atoms with E-state index in [-0.39, 0.29) is 0 Å². The Bertz CT molecular complexity index is 3720. The monoisotopic (exact) mass is 1370 g/mol. The zero-order valence-corrected chi connectivity index (χ0v) is 42.3. The molecule has 0 radical (unpaired) electrons. The normalized spacial score (nSPS) is 11.8. The van der Waals surface area contributed by atoms with E-state index < -0.39 is 282 Å². The second-order valence-corrected chi connectivity index (χ2v) is 16.8. The van der Waals surface area contributed by atoms with E-state index in [4.69, 9.17) is 0 Å². The van der Waals surface area contributed by atoms with Gasteiger partial charge in [0.25, 0.3) is 0 Å². The van der Waals surface area contributed by atoms with Gasteiger partial charge in [0.15, 0.2) is 140 Å². The van der Waals surface area contributed by atoms with Crippen LogP contribution in [0.4, 0.5) is 158 Å². The van der Waals surface area contributed by atoms with E-state index in [0.717, 1.165) is 0 Å². The first-order valence-corrected chi connectivity index (χ1v) is 25.1. The summed E-state index contributed by atoms with van der Waals surface area (Å²) in [5.41, 5.74) is -49.1. The van der Waals surface area contributed by atoms with E-state index in [1.165, 1.54) is 0 Å². The number of benzene rings is 8. The van der Waals surface area contributed by atoms with Crippen molar-refractivity contribution in [3.05, 3.63) is 209 Å². The summed E-state index contributed by atoms with van der Waals surface area (Å²) < 4.78 is 572. The summed E-state index contributed by atoms with van der Waals surface area (Å²) in [5, 5.41) is 0. The van der Waals surface area contributed by atoms with Crippen molar-refractivity contribution < 1.29 is 158 Å². The summed E-state index contributed by atoms with van der Waals surface area (Å²) >= 11 is 4.64. The van der Waals surface area contributed by atoms with Crippen molar-refractivity contribution in [1.29, 1.82) is 0 Å². The molecule has 0 saturated heterocycles. The third-order valence-corrected chi connectivity index (χ3v) is 12.8. The van der Waals surface area contributed by atoms with Crippen LogP contribution in [-0.2, 0) is 0 Å². The van der Waals surface area contributed by atoms with Gasteiger partial charge in [-0.3, -0.25) is 0 Å². The van der Waals surface area contributed by atoms with E-state index >= 15 is 105 Å². The van der Waals surface area contributed by atoms with Gasteiger partial charge in [0.2, 0.25) is 23.3 Å². The SMILES string of the molecule is Fc1c(F)c(F)c(-c2c(F)c(F)c(F)c([B-](c3c(F)c(F)c(F)c(-c4c(F)c(F)c(F)c(F)c4F)c3F)(c3c(F)c(F)c(F)c(-c4c(F)c(F)c(F)c(F)c4F)c3F)c3c(F)c(F)c(F)c(-c4c(F)c(F)c(F)c(F)c4F)c3F)c2F)c(F)c1F.[Mg+][Br]. The molecule has 0 spiro atoms. The standard InChI is InChI=1S/C48BF36.BrH.Mg/c50-13-1(5-21(58)37(74)45(82)38(75)22(5)59)17(54)33(70)29(66)9(13)49(10-14(51)2(18(55)34(71)30(10)67)6-23(60)39(76)46(83)40(77)24(6)61,11-15(52)3(19(56)35(72)31(11)68)7-25(62)41(78)47(84)42(79)26(7)63)12-16(53)4(20(57)36(73)32(12)69)8-27(64)43(80)48(85)44(81)28(8)65;;/h;1H;/q-1;;+2/p-1. The predicted octanol–water partition coefficient (Wildman–Crippen LogP) is 15.2. The molecule has 0 atom stereocenters. The van der Waals surface area contributed by atoms with Crippen molar-refractivity contribution in [1.82, 2.24) is 0 Å². The maximum absolute atomic E-state index is 18.0. The molecule has 456 valence electrons. The number of hydrogen-bond donors (Lipinski definition) is 0. The minimum atomic E-state index is -8.87. The second-order valence-electron chi connectivity index (χ2n) is 16.8. The zero-order chi connectivity index (χ0) is 66.2. The summed E-state index contributed by atoms with van der Waals surface area (Å²) in [5.74, 6) is -146. The molecule has 8 aromatic rings. The molecule has 0 aliphatic rings. The third kappa shape index (κ3) is 9.13. The Hall–Kier alpha value is -7.45. The molecule has 0 aliphatic heterocycles. The first-order valence-electron chi connectivity index (χ1n) is 21.2. The molecule has 0 bridgehead atoms. The predicted molar refractivity (Wildman–Crippen MR) is 225 cm³/mol. The van der Waals surface area contributed by atoms with Crippen molar-refractivity contribution in [3.8, 4) is 44.5 Å².